The zero-order valence-electron chi connectivity index (χ0n) is 9.62. The molecule has 6 nitrogen and oxygen atoms in total. The van der Waals surface area contributed by atoms with E-state index in [1.165, 1.54) is 0 Å². The average Bonchev–Trinajstić information content (AvgIpc) is 2.83. The third-order valence-corrected chi connectivity index (χ3v) is 2.82. The normalized spacial score (nSPS) is 10.3. The van der Waals surface area contributed by atoms with E-state index < -0.39 is 34.0 Å². The highest BCUT2D eigenvalue weighted by Crippen LogP contribution is 2.24. The Morgan fingerprint density at radius 3 is 2.40 bits per heavy atom. The van der Waals surface area contributed by atoms with Crippen molar-refractivity contribution in [2.75, 3.05) is 5.32 Å². The van der Waals surface area contributed by atoms with Gasteiger partial charge in [-0.15, -0.1) is 0 Å². The Labute approximate surface area is 119 Å². The number of rotatable bonds is 3. The lowest BCUT2D eigenvalue weighted by Crippen LogP contribution is -2.14. The maximum atomic E-state index is 13.5. The molecule has 1 aromatic heterocycles. The van der Waals surface area contributed by atoms with Crippen molar-refractivity contribution < 1.29 is 18.5 Å². The Balaban J connectivity index is 2.25. The average molecular weight is 346 g/mol. The lowest BCUT2D eigenvalue weighted by molar-refractivity contribution is -0.389. The highest BCUT2D eigenvalue weighted by atomic mass is 79.9. The number of aromatic nitrogens is 1. The van der Waals surface area contributed by atoms with Gasteiger partial charge in [0.15, 0.2) is 17.3 Å². The second-order valence-electron chi connectivity index (χ2n) is 3.71. The first-order chi connectivity index (χ1) is 9.38. The molecule has 0 radical (unpaired) electrons. The van der Waals surface area contributed by atoms with Gasteiger partial charge in [-0.3, -0.25) is 4.79 Å². The lowest BCUT2D eigenvalue weighted by atomic mass is 10.2. The fraction of sp³-hybridized carbons (Fsp3) is 0. The molecule has 0 aliphatic carbocycles. The van der Waals surface area contributed by atoms with Crippen LogP contribution in [0.25, 0.3) is 0 Å². The third-order valence-electron chi connectivity index (χ3n) is 2.36. The van der Waals surface area contributed by atoms with Crippen LogP contribution in [0.2, 0.25) is 0 Å². The number of nitrogens with zero attached hydrogens (tertiary/aromatic N) is 1. The van der Waals surface area contributed by atoms with Crippen molar-refractivity contribution in [2.45, 2.75) is 0 Å². The SMILES string of the molecule is O=C(Nc1c(F)cc(Br)cc1F)c1ccc([N+](=O)[O-])[nH]1. The number of anilines is 1. The molecule has 0 unspecified atom stereocenters. The zero-order valence-corrected chi connectivity index (χ0v) is 11.2. The molecule has 0 aliphatic rings. The maximum Gasteiger partial charge on any atom is 0.321 e. The van der Waals surface area contributed by atoms with Crippen LogP contribution in [-0.4, -0.2) is 15.8 Å². The molecule has 0 spiro atoms. The van der Waals surface area contributed by atoms with Gasteiger partial charge in [-0.1, -0.05) is 15.9 Å². The van der Waals surface area contributed by atoms with E-state index in [0.29, 0.717) is 0 Å². The van der Waals surface area contributed by atoms with Crippen LogP contribution in [0.4, 0.5) is 20.3 Å². The van der Waals surface area contributed by atoms with Crippen molar-refractivity contribution in [3.8, 4) is 0 Å². The summed E-state index contributed by atoms with van der Waals surface area (Å²) < 4.78 is 27.2. The molecule has 1 heterocycles. The van der Waals surface area contributed by atoms with Crippen molar-refractivity contribution in [2.24, 2.45) is 0 Å². The van der Waals surface area contributed by atoms with Gasteiger partial charge in [0.05, 0.1) is 0 Å². The monoisotopic (exact) mass is 345 g/mol. The predicted molar refractivity (Wildman–Crippen MR) is 69.5 cm³/mol. The number of carbonyl (C=O) groups excluding carboxylic acids is 1. The van der Waals surface area contributed by atoms with Gasteiger partial charge in [0.25, 0.3) is 5.91 Å². The van der Waals surface area contributed by atoms with E-state index in [1.807, 2.05) is 5.32 Å². The van der Waals surface area contributed by atoms with Gasteiger partial charge in [-0.25, -0.2) is 13.8 Å². The molecule has 104 valence electrons. The maximum absolute atomic E-state index is 13.5. The Bertz CT molecular complexity index is 679. The van der Waals surface area contributed by atoms with E-state index >= 15 is 0 Å². The fourth-order valence-electron chi connectivity index (χ4n) is 1.47. The lowest BCUT2D eigenvalue weighted by Gasteiger charge is -2.06. The number of benzene rings is 1. The van der Waals surface area contributed by atoms with Gasteiger partial charge in [-0.2, -0.15) is 0 Å². The van der Waals surface area contributed by atoms with Crippen molar-refractivity contribution in [3.63, 3.8) is 0 Å². The van der Waals surface area contributed by atoms with E-state index in [9.17, 15) is 23.7 Å². The summed E-state index contributed by atoms with van der Waals surface area (Å²) in [5.74, 6) is -3.22. The molecular weight excluding hydrogens is 340 g/mol. The van der Waals surface area contributed by atoms with E-state index in [4.69, 9.17) is 0 Å². The number of H-pyrrole nitrogens is 1. The van der Waals surface area contributed by atoms with Crippen LogP contribution in [0.1, 0.15) is 10.5 Å². The number of halogens is 3. The highest BCUT2D eigenvalue weighted by molar-refractivity contribution is 9.10. The molecule has 0 bridgehead atoms. The van der Waals surface area contributed by atoms with Crippen molar-refractivity contribution in [1.82, 2.24) is 4.98 Å². The summed E-state index contributed by atoms with van der Waals surface area (Å²) in [6, 6.07) is 4.18. The summed E-state index contributed by atoms with van der Waals surface area (Å²) in [6.45, 7) is 0. The summed E-state index contributed by atoms with van der Waals surface area (Å²) in [5.41, 5.74) is -0.811. The predicted octanol–water partition coefficient (Wildman–Crippen LogP) is 3.22. The zero-order chi connectivity index (χ0) is 14.9. The largest absolute Gasteiger partial charge is 0.358 e. The molecule has 20 heavy (non-hydrogen) atoms. The van der Waals surface area contributed by atoms with Gasteiger partial charge in [0.2, 0.25) is 0 Å². The molecule has 0 aliphatic heterocycles. The standard InChI is InChI=1S/C11H6BrF2N3O3/c12-5-3-6(13)10(7(14)4-5)16-11(18)8-1-2-9(15-8)17(19)20/h1-4,15H,(H,16,18). The van der Waals surface area contributed by atoms with Gasteiger partial charge in [0.1, 0.15) is 5.69 Å². The molecular formula is C11H6BrF2N3O3. The molecule has 0 fully saturated rings. The number of amides is 1. The number of nitrogens with one attached hydrogen (secondary N) is 2. The first kappa shape index (κ1) is 14.1. The Kier molecular flexibility index (Phi) is 3.79. The third kappa shape index (κ3) is 2.82. The summed E-state index contributed by atoms with van der Waals surface area (Å²) >= 11 is 2.90. The first-order valence-electron chi connectivity index (χ1n) is 5.18. The van der Waals surface area contributed by atoms with Crippen molar-refractivity contribution in [3.05, 3.63) is 56.2 Å². The van der Waals surface area contributed by atoms with Crippen LogP contribution >= 0.6 is 15.9 Å². The van der Waals surface area contributed by atoms with E-state index in [-0.39, 0.29) is 10.2 Å². The van der Waals surface area contributed by atoms with Gasteiger partial charge < -0.3 is 15.4 Å². The van der Waals surface area contributed by atoms with Crippen LogP contribution in [-0.2, 0) is 0 Å². The number of hydrogen-bond donors (Lipinski definition) is 2. The van der Waals surface area contributed by atoms with E-state index in [2.05, 4.69) is 20.9 Å². The minimum absolute atomic E-state index is 0.181. The van der Waals surface area contributed by atoms with E-state index in [1.54, 1.807) is 0 Å². The molecule has 2 rings (SSSR count). The molecule has 0 atom stereocenters. The first-order valence-corrected chi connectivity index (χ1v) is 5.97. The van der Waals surface area contributed by atoms with Crippen LogP contribution in [0, 0.1) is 21.7 Å². The molecule has 0 saturated heterocycles. The van der Waals surface area contributed by atoms with Crippen LogP contribution in [0.15, 0.2) is 28.7 Å². The number of hydrogen-bond acceptors (Lipinski definition) is 3. The van der Waals surface area contributed by atoms with Crippen LogP contribution in [0.3, 0.4) is 0 Å². The number of aromatic amines is 1. The quantitative estimate of drug-likeness (QED) is 0.661. The summed E-state index contributed by atoms with van der Waals surface area (Å²) in [6.07, 6.45) is 0. The Hall–Kier alpha value is -2.29. The minimum Gasteiger partial charge on any atom is -0.358 e. The Morgan fingerprint density at radius 2 is 1.90 bits per heavy atom. The van der Waals surface area contributed by atoms with Gasteiger partial charge in [-0.05, 0) is 23.1 Å². The second-order valence-corrected chi connectivity index (χ2v) is 4.63. The molecule has 1 aromatic carbocycles. The summed E-state index contributed by atoms with van der Waals surface area (Å²) in [7, 11) is 0. The topological polar surface area (TPSA) is 88.0 Å². The molecule has 2 aromatic rings. The second kappa shape index (κ2) is 5.37. The summed E-state index contributed by atoms with van der Waals surface area (Å²) in [5, 5.41) is 12.5. The number of nitro groups is 1. The minimum atomic E-state index is -0.966. The van der Waals surface area contributed by atoms with Crippen LogP contribution in [0.5, 0.6) is 0 Å². The molecule has 9 heteroatoms. The van der Waals surface area contributed by atoms with Gasteiger partial charge >= 0.3 is 5.82 Å². The molecule has 1 amide bonds. The molecule has 2 N–H and O–H groups in total. The van der Waals surface area contributed by atoms with Crippen LogP contribution < -0.4 is 5.32 Å². The van der Waals surface area contributed by atoms with Gasteiger partial charge in [0, 0.05) is 10.5 Å². The fourth-order valence-corrected chi connectivity index (χ4v) is 1.87. The number of carbonyl (C=O) groups is 1. The Morgan fingerprint density at radius 1 is 1.30 bits per heavy atom. The van der Waals surface area contributed by atoms with Crippen molar-refractivity contribution in [1.29, 1.82) is 0 Å². The molecule has 0 saturated carbocycles. The van der Waals surface area contributed by atoms with Crippen molar-refractivity contribution >= 4 is 33.3 Å². The summed E-state index contributed by atoms with van der Waals surface area (Å²) in [4.78, 5) is 23.7. The van der Waals surface area contributed by atoms with E-state index in [0.717, 1.165) is 24.3 Å². The highest BCUT2D eigenvalue weighted by Gasteiger charge is 2.19. The smallest absolute Gasteiger partial charge is 0.321 e.